The number of aliphatic hydroxyl groups is 1. The average molecular weight is 242 g/mol. The Bertz CT molecular complexity index is 403. The minimum absolute atomic E-state index is 0.0276. The number of nitrogens with one attached hydrogen (secondary N) is 1. The van der Waals surface area contributed by atoms with E-state index >= 15 is 0 Å². The van der Waals surface area contributed by atoms with E-state index in [0.717, 1.165) is 0 Å². The van der Waals surface area contributed by atoms with Crippen LogP contribution >= 0.6 is 0 Å². The van der Waals surface area contributed by atoms with Gasteiger partial charge >= 0.3 is 5.69 Å². The van der Waals surface area contributed by atoms with Crippen molar-refractivity contribution in [3.05, 3.63) is 15.8 Å². The van der Waals surface area contributed by atoms with E-state index < -0.39 is 4.92 Å². The van der Waals surface area contributed by atoms with Crippen molar-refractivity contribution < 1.29 is 10.0 Å². The maximum Gasteiger partial charge on any atom is 0.333 e. The fourth-order valence-electron chi connectivity index (χ4n) is 1.66. The number of aromatic nitrogens is 2. The smallest absolute Gasteiger partial charge is 0.333 e. The van der Waals surface area contributed by atoms with Crippen LogP contribution in [-0.4, -0.2) is 32.5 Å². The Kier molecular flexibility index (Phi) is 4.45. The summed E-state index contributed by atoms with van der Waals surface area (Å²) in [5.41, 5.74) is 0.496. The van der Waals surface area contributed by atoms with Crippen LogP contribution in [0.1, 0.15) is 26.0 Å². The van der Waals surface area contributed by atoms with Crippen LogP contribution in [0, 0.1) is 10.1 Å². The molecule has 0 saturated heterocycles. The van der Waals surface area contributed by atoms with Gasteiger partial charge in [0.2, 0.25) is 5.82 Å². The second-order valence-corrected chi connectivity index (χ2v) is 3.94. The molecular weight excluding hydrogens is 224 g/mol. The molecular formula is C10H18N4O3. The van der Waals surface area contributed by atoms with Crippen LogP contribution in [0.5, 0.6) is 0 Å². The molecule has 17 heavy (non-hydrogen) atoms. The van der Waals surface area contributed by atoms with Gasteiger partial charge in [-0.25, -0.2) is 4.68 Å². The first-order valence-electron chi connectivity index (χ1n) is 5.58. The van der Waals surface area contributed by atoms with Gasteiger partial charge in [0, 0.05) is 19.7 Å². The summed E-state index contributed by atoms with van der Waals surface area (Å²) in [6, 6.07) is -0.0428. The maximum absolute atomic E-state index is 11.0. The zero-order valence-corrected chi connectivity index (χ0v) is 10.3. The number of hydrogen-bond acceptors (Lipinski definition) is 5. The van der Waals surface area contributed by atoms with E-state index in [0.29, 0.717) is 24.4 Å². The van der Waals surface area contributed by atoms with Crippen LogP contribution in [0.3, 0.4) is 0 Å². The van der Waals surface area contributed by atoms with Crippen LogP contribution in [0.15, 0.2) is 0 Å². The number of anilines is 1. The van der Waals surface area contributed by atoms with Gasteiger partial charge in [-0.1, -0.05) is 6.92 Å². The first-order valence-corrected chi connectivity index (χ1v) is 5.58. The van der Waals surface area contributed by atoms with E-state index in [2.05, 4.69) is 10.4 Å². The highest BCUT2D eigenvalue weighted by molar-refractivity contribution is 5.60. The highest BCUT2D eigenvalue weighted by Gasteiger charge is 2.26. The zero-order chi connectivity index (χ0) is 13.0. The highest BCUT2D eigenvalue weighted by Crippen LogP contribution is 2.29. The topological polar surface area (TPSA) is 93.2 Å². The molecule has 7 heteroatoms. The molecule has 0 aliphatic rings. The summed E-state index contributed by atoms with van der Waals surface area (Å²) in [6.45, 7) is 3.73. The van der Waals surface area contributed by atoms with Crippen LogP contribution in [0.25, 0.3) is 0 Å². The third-order valence-electron chi connectivity index (χ3n) is 2.55. The van der Waals surface area contributed by atoms with Crippen molar-refractivity contribution in [1.29, 1.82) is 0 Å². The Labute approximate surface area is 99.6 Å². The first-order chi connectivity index (χ1) is 8.01. The zero-order valence-electron chi connectivity index (χ0n) is 10.3. The quantitative estimate of drug-likeness (QED) is 0.575. The van der Waals surface area contributed by atoms with Gasteiger partial charge in [-0.2, -0.15) is 5.10 Å². The number of rotatable bonds is 6. The lowest BCUT2D eigenvalue weighted by Gasteiger charge is -2.12. The molecule has 1 aromatic rings. The van der Waals surface area contributed by atoms with Crippen molar-refractivity contribution in [2.45, 2.75) is 32.7 Å². The standard InChI is InChI=1S/C10H18N4O3/c1-4-8-9(14(16)17)10(13(3)12-8)11-7(2)5-6-15/h7,11,15H,4-6H2,1-3H3. The van der Waals surface area contributed by atoms with Crippen molar-refractivity contribution >= 4 is 11.5 Å². The fourth-order valence-corrected chi connectivity index (χ4v) is 1.66. The van der Waals surface area contributed by atoms with Gasteiger partial charge in [-0.3, -0.25) is 10.1 Å². The van der Waals surface area contributed by atoms with E-state index in [4.69, 9.17) is 5.11 Å². The number of hydrogen-bond donors (Lipinski definition) is 2. The Morgan fingerprint density at radius 1 is 1.65 bits per heavy atom. The summed E-state index contributed by atoms with van der Waals surface area (Å²) in [5, 5.41) is 27.0. The Morgan fingerprint density at radius 2 is 2.29 bits per heavy atom. The number of nitrogens with zero attached hydrogens (tertiary/aromatic N) is 3. The lowest BCUT2D eigenvalue weighted by molar-refractivity contribution is -0.384. The van der Waals surface area contributed by atoms with Crippen LogP contribution in [0.4, 0.5) is 11.5 Å². The molecule has 96 valence electrons. The molecule has 0 aromatic carbocycles. The van der Waals surface area contributed by atoms with Crippen LogP contribution in [0.2, 0.25) is 0 Å². The molecule has 1 unspecified atom stereocenters. The molecule has 0 aliphatic heterocycles. The van der Waals surface area contributed by atoms with E-state index in [1.54, 1.807) is 7.05 Å². The Morgan fingerprint density at radius 3 is 2.76 bits per heavy atom. The minimum atomic E-state index is -0.417. The summed E-state index contributed by atoms with van der Waals surface area (Å²) >= 11 is 0. The van der Waals surface area contributed by atoms with E-state index in [-0.39, 0.29) is 18.3 Å². The molecule has 7 nitrogen and oxygen atoms in total. The summed E-state index contributed by atoms with van der Waals surface area (Å²) in [6.07, 6.45) is 1.05. The Hall–Kier alpha value is -1.63. The molecule has 0 saturated carbocycles. The second kappa shape index (κ2) is 5.62. The van der Waals surface area contributed by atoms with Gasteiger partial charge in [0.05, 0.1) is 4.92 Å². The van der Waals surface area contributed by atoms with Gasteiger partial charge in [0.25, 0.3) is 0 Å². The van der Waals surface area contributed by atoms with Crippen molar-refractivity contribution in [1.82, 2.24) is 9.78 Å². The summed E-state index contributed by atoms with van der Waals surface area (Å²) in [5.74, 6) is 0.396. The molecule has 2 N–H and O–H groups in total. The number of aryl methyl sites for hydroxylation is 2. The lowest BCUT2D eigenvalue weighted by Crippen LogP contribution is -2.19. The molecule has 1 aromatic heterocycles. The molecule has 0 radical (unpaired) electrons. The molecule has 0 amide bonds. The van der Waals surface area contributed by atoms with Crippen LogP contribution < -0.4 is 5.32 Å². The molecule has 0 bridgehead atoms. The highest BCUT2D eigenvalue weighted by atomic mass is 16.6. The molecule has 1 heterocycles. The van der Waals surface area contributed by atoms with Gasteiger partial charge < -0.3 is 10.4 Å². The third-order valence-corrected chi connectivity index (χ3v) is 2.55. The summed E-state index contributed by atoms with van der Waals surface area (Å²) in [4.78, 5) is 10.6. The van der Waals surface area contributed by atoms with Gasteiger partial charge in [-0.15, -0.1) is 0 Å². The second-order valence-electron chi connectivity index (χ2n) is 3.94. The first kappa shape index (κ1) is 13.4. The van der Waals surface area contributed by atoms with E-state index in [1.807, 2.05) is 13.8 Å². The van der Waals surface area contributed by atoms with Gasteiger partial charge in [-0.05, 0) is 19.8 Å². The third kappa shape index (κ3) is 2.94. The molecule has 1 atom stereocenters. The van der Waals surface area contributed by atoms with Crippen molar-refractivity contribution in [2.75, 3.05) is 11.9 Å². The normalized spacial score (nSPS) is 12.5. The monoisotopic (exact) mass is 242 g/mol. The SMILES string of the molecule is CCc1nn(C)c(NC(C)CCO)c1[N+](=O)[O-]. The fraction of sp³-hybridized carbons (Fsp3) is 0.700. The average Bonchev–Trinajstić information content (AvgIpc) is 2.56. The van der Waals surface area contributed by atoms with Crippen molar-refractivity contribution in [2.24, 2.45) is 7.05 Å². The van der Waals surface area contributed by atoms with Crippen molar-refractivity contribution in [3.8, 4) is 0 Å². The summed E-state index contributed by atoms with van der Waals surface area (Å²) < 4.78 is 1.48. The molecule has 0 aliphatic carbocycles. The predicted octanol–water partition coefficient (Wildman–Crippen LogP) is 1.07. The number of nitro groups is 1. The molecule has 1 rings (SSSR count). The maximum atomic E-state index is 11.0. The predicted molar refractivity (Wildman–Crippen MR) is 64.0 cm³/mol. The van der Waals surface area contributed by atoms with Crippen molar-refractivity contribution in [3.63, 3.8) is 0 Å². The minimum Gasteiger partial charge on any atom is -0.396 e. The summed E-state index contributed by atoms with van der Waals surface area (Å²) in [7, 11) is 1.67. The van der Waals surface area contributed by atoms with Gasteiger partial charge in [0.1, 0.15) is 5.69 Å². The number of aliphatic hydroxyl groups excluding tert-OH is 1. The Balaban J connectivity index is 3.04. The molecule has 0 fully saturated rings. The molecule has 0 spiro atoms. The van der Waals surface area contributed by atoms with Gasteiger partial charge in [0.15, 0.2) is 0 Å². The van der Waals surface area contributed by atoms with E-state index in [9.17, 15) is 10.1 Å². The lowest BCUT2D eigenvalue weighted by atomic mass is 10.2. The van der Waals surface area contributed by atoms with E-state index in [1.165, 1.54) is 4.68 Å². The largest absolute Gasteiger partial charge is 0.396 e. The van der Waals surface area contributed by atoms with Crippen LogP contribution in [-0.2, 0) is 13.5 Å².